The lowest BCUT2D eigenvalue weighted by molar-refractivity contribution is -0.385. The van der Waals surface area contributed by atoms with Gasteiger partial charge in [0.15, 0.2) is 0 Å². The smallest absolute Gasteiger partial charge is 0.272 e. The van der Waals surface area contributed by atoms with Crippen LogP contribution < -0.4 is 11.1 Å². The molecule has 1 aliphatic heterocycles. The lowest BCUT2D eigenvalue weighted by Gasteiger charge is -2.29. The van der Waals surface area contributed by atoms with Crippen LogP contribution in [0.25, 0.3) is 0 Å². The molecule has 2 rings (SSSR count). The van der Waals surface area contributed by atoms with Crippen LogP contribution in [-0.4, -0.2) is 41.4 Å². The fourth-order valence-electron chi connectivity index (χ4n) is 2.45. The number of anilines is 1. The van der Waals surface area contributed by atoms with Gasteiger partial charge in [-0.1, -0.05) is 0 Å². The molecule has 21 heavy (non-hydrogen) atoms. The molecule has 0 radical (unpaired) electrons. The van der Waals surface area contributed by atoms with E-state index in [0.29, 0.717) is 17.8 Å². The van der Waals surface area contributed by atoms with Gasteiger partial charge in [-0.15, -0.1) is 0 Å². The molecule has 0 spiro atoms. The number of rotatable bonds is 4. The monoisotopic (exact) mass is 292 g/mol. The van der Waals surface area contributed by atoms with Gasteiger partial charge < -0.3 is 11.1 Å². The van der Waals surface area contributed by atoms with E-state index in [2.05, 4.69) is 10.2 Å². The lowest BCUT2D eigenvalue weighted by Crippen LogP contribution is -2.43. The summed E-state index contributed by atoms with van der Waals surface area (Å²) in [6.45, 7) is 3.63. The van der Waals surface area contributed by atoms with Crippen molar-refractivity contribution in [2.45, 2.75) is 25.8 Å². The van der Waals surface area contributed by atoms with E-state index in [9.17, 15) is 14.9 Å². The minimum Gasteiger partial charge on any atom is -0.328 e. The predicted octanol–water partition coefficient (Wildman–Crippen LogP) is 1.26. The number of nitrogens with zero attached hydrogens (tertiary/aromatic N) is 2. The third kappa shape index (κ3) is 4.24. The van der Waals surface area contributed by atoms with Crippen molar-refractivity contribution in [2.75, 3.05) is 25.0 Å². The molecule has 0 saturated carbocycles. The number of hydrogen-bond donors (Lipinski definition) is 2. The van der Waals surface area contributed by atoms with Gasteiger partial charge in [0, 0.05) is 36.4 Å². The van der Waals surface area contributed by atoms with Gasteiger partial charge in [0.05, 0.1) is 11.5 Å². The Morgan fingerprint density at radius 2 is 2.14 bits per heavy atom. The molecule has 0 bridgehead atoms. The highest BCUT2D eigenvalue weighted by Gasteiger charge is 2.18. The second-order valence-corrected chi connectivity index (χ2v) is 5.42. The number of likely N-dealkylation sites (tertiary alicyclic amines) is 1. The van der Waals surface area contributed by atoms with Gasteiger partial charge in [0.25, 0.3) is 5.69 Å². The zero-order valence-electron chi connectivity index (χ0n) is 12.0. The van der Waals surface area contributed by atoms with E-state index in [1.54, 1.807) is 19.1 Å². The van der Waals surface area contributed by atoms with E-state index >= 15 is 0 Å². The van der Waals surface area contributed by atoms with Crippen LogP contribution in [-0.2, 0) is 4.79 Å². The van der Waals surface area contributed by atoms with E-state index < -0.39 is 4.92 Å². The molecule has 1 amide bonds. The van der Waals surface area contributed by atoms with Crippen molar-refractivity contribution in [1.29, 1.82) is 0 Å². The summed E-state index contributed by atoms with van der Waals surface area (Å²) in [6.07, 6.45) is 1.81. The molecular formula is C14H20N4O3. The topological polar surface area (TPSA) is 102 Å². The van der Waals surface area contributed by atoms with Crippen molar-refractivity contribution in [1.82, 2.24) is 4.90 Å². The largest absolute Gasteiger partial charge is 0.328 e. The van der Waals surface area contributed by atoms with Crippen LogP contribution in [0.3, 0.4) is 0 Å². The molecule has 1 aliphatic rings. The predicted molar refractivity (Wildman–Crippen MR) is 80.1 cm³/mol. The van der Waals surface area contributed by atoms with Gasteiger partial charge in [-0.25, -0.2) is 0 Å². The molecule has 7 heteroatoms. The summed E-state index contributed by atoms with van der Waals surface area (Å²) >= 11 is 0. The third-order valence-electron chi connectivity index (χ3n) is 3.68. The second kappa shape index (κ2) is 6.64. The van der Waals surface area contributed by atoms with Crippen LogP contribution >= 0.6 is 0 Å². The highest BCUT2D eigenvalue weighted by atomic mass is 16.6. The minimum atomic E-state index is -0.433. The van der Waals surface area contributed by atoms with Crippen molar-refractivity contribution in [3.8, 4) is 0 Å². The Balaban J connectivity index is 1.91. The van der Waals surface area contributed by atoms with Crippen LogP contribution in [0.1, 0.15) is 18.4 Å². The van der Waals surface area contributed by atoms with Gasteiger partial charge in [-0.3, -0.25) is 19.8 Å². The molecule has 1 saturated heterocycles. The Morgan fingerprint density at radius 1 is 1.48 bits per heavy atom. The van der Waals surface area contributed by atoms with Gasteiger partial charge in [0.1, 0.15) is 0 Å². The fourth-order valence-corrected chi connectivity index (χ4v) is 2.45. The normalized spacial score (nSPS) is 16.7. The number of hydrogen-bond acceptors (Lipinski definition) is 5. The molecule has 3 N–H and O–H groups in total. The standard InChI is InChI=1S/C14H20N4O3/c1-10-8-12(2-3-13(10)18(20)21)16-14(19)9-17-6-4-11(15)5-7-17/h2-3,8,11H,4-7,9,15H2,1H3,(H,16,19). The Bertz CT molecular complexity index is 539. The molecule has 7 nitrogen and oxygen atoms in total. The molecule has 1 heterocycles. The van der Waals surface area contributed by atoms with Crippen molar-refractivity contribution >= 4 is 17.3 Å². The molecule has 0 atom stereocenters. The number of nitro benzene ring substituents is 1. The summed E-state index contributed by atoms with van der Waals surface area (Å²) in [5, 5.41) is 13.5. The van der Waals surface area contributed by atoms with Gasteiger partial charge in [-0.05, 0) is 31.9 Å². The maximum absolute atomic E-state index is 12.0. The van der Waals surface area contributed by atoms with Crippen LogP contribution in [0.4, 0.5) is 11.4 Å². The van der Waals surface area contributed by atoms with E-state index in [-0.39, 0.29) is 17.6 Å². The summed E-state index contributed by atoms with van der Waals surface area (Å²) in [4.78, 5) is 24.4. The molecule has 114 valence electrons. The number of nitro groups is 1. The van der Waals surface area contributed by atoms with Crippen molar-refractivity contribution in [3.05, 3.63) is 33.9 Å². The number of benzene rings is 1. The summed E-state index contributed by atoms with van der Waals surface area (Å²) in [6, 6.07) is 4.81. The van der Waals surface area contributed by atoms with Crippen LogP contribution in [0, 0.1) is 17.0 Å². The highest BCUT2D eigenvalue weighted by Crippen LogP contribution is 2.21. The van der Waals surface area contributed by atoms with Gasteiger partial charge in [0.2, 0.25) is 5.91 Å². The number of amides is 1. The van der Waals surface area contributed by atoms with Crippen LogP contribution in [0.5, 0.6) is 0 Å². The van der Waals surface area contributed by atoms with Crippen LogP contribution in [0.15, 0.2) is 18.2 Å². The zero-order chi connectivity index (χ0) is 15.4. The number of nitrogens with one attached hydrogen (secondary N) is 1. The van der Waals surface area contributed by atoms with Gasteiger partial charge >= 0.3 is 0 Å². The zero-order valence-corrected chi connectivity index (χ0v) is 12.0. The van der Waals surface area contributed by atoms with Gasteiger partial charge in [-0.2, -0.15) is 0 Å². The maximum atomic E-state index is 12.0. The Morgan fingerprint density at radius 3 is 2.71 bits per heavy atom. The number of nitrogens with two attached hydrogens (primary N) is 1. The Labute approximate surface area is 123 Å². The summed E-state index contributed by atoms with van der Waals surface area (Å²) in [7, 11) is 0. The third-order valence-corrected chi connectivity index (χ3v) is 3.68. The summed E-state index contributed by atoms with van der Waals surface area (Å²) in [5.74, 6) is -0.112. The maximum Gasteiger partial charge on any atom is 0.272 e. The second-order valence-electron chi connectivity index (χ2n) is 5.42. The summed E-state index contributed by atoms with van der Waals surface area (Å²) in [5.41, 5.74) is 6.99. The summed E-state index contributed by atoms with van der Waals surface area (Å²) < 4.78 is 0. The lowest BCUT2D eigenvalue weighted by atomic mass is 10.1. The van der Waals surface area contributed by atoms with Crippen molar-refractivity contribution in [3.63, 3.8) is 0 Å². The molecule has 0 aliphatic carbocycles. The number of carbonyl (C=O) groups excluding carboxylic acids is 1. The SMILES string of the molecule is Cc1cc(NC(=O)CN2CCC(N)CC2)ccc1[N+](=O)[O-]. The molecule has 1 aromatic carbocycles. The van der Waals surface area contributed by atoms with Crippen molar-refractivity contribution < 1.29 is 9.72 Å². The first-order chi connectivity index (χ1) is 9.95. The molecule has 1 fully saturated rings. The number of carbonyl (C=O) groups is 1. The van der Waals surface area contributed by atoms with E-state index in [1.165, 1.54) is 6.07 Å². The number of piperidine rings is 1. The first kappa shape index (κ1) is 15.4. The van der Waals surface area contributed by atoms with E-state index in [4.69, 9.17) is 5.73 Å². The quantitative estimate of drug-likeness (QED) is 0.642. The highest BCUT2D eigenvalue weighted by molar-refractivity contribution is 5.92. The molecule has 1 aromatic rings. The molecule has 0 aromatic heterocycles. The minimum absolute atomic E-state index is 0.0537. The Hall–Kier alpha value is -1.99. The average Bonchev–Trinajstić information content (AvgIpc) is 2.41. The molecular weight excluding hydrogens is 272 g/mol. The first-order valence-corrected chi connectivity index (χ1v) is 6.98. The fraction of sp³-hybridized carbons (Fsp3) is 0.500. The van der Waals surface area contributed by atoms with Crippen molar-refractivity contribution in [2.24, 2.45) is 5.73 Å². The number of aryl methyl sites for hydroxylation is 1. The average molecular weight is 292 g/mol. The van der Waals surface area contributed by atoms with E-state index in [1.807, 2.05) is 0 Å². The first-order valence-electron chi connectivity index (χ1n) is 6.98. The van der Waals surface area contributed by atoms with E-state index in [0.717, 1.165) is 25.9 Å². The molecule has 0 unspecified atom stereocenters. The van der Waals surface area contributed by atoms with Crippen LogP contribution in [0.2, 0.25) is 0 Å². The Kier molecular flexibility index (Phi) is 4.87.